The zero-order chi connectivity index (χ0) is 8.27. The van der Waals surface area contributed by atoms with Gasteiger partial charge in [-0.2, -0.15) is 0 Å². The molecular formula is C7H10N2OS. The number of aromatic nitrogens is 1. The zero-order valence-electron chi connectivity index (χ0n) is 6.50. The van der Waals surface area contributed by atoms with Gasteiger partial charge < -0.3 is 5.32 Å². The molecule has 3 nitrogen and oxygen atoms in total. The second-order valence-corrected chi connectivity index (χ2v) is 3.22. The van der Waals surface area contributed by atoms with Gasteiger partial charge in [0.05, 0.1) is 6.04 Å². The van der Waals surface area contributed by atoms with E-state index in [-0.39, 0.29) is 11.9 Å². The minimum Gasteiger partial charge on any atom is -0.347 e. The number of nitrogens with one attached hydrogen (secondary N) is 1. The van der Waals surface area contributed by atoms with Crippen LogP contribution in [0.25, 0.3) is 0 Å². The van der Waals surface area contributed by atoms with Gasteiger partial charge in [0.2, 0.25) is 5.91 Å². The SMILES string of the molecule is CC(=O)N[C@@H](C)c1nccs1. The predicted octanol–water partition coefficient (Wildman–Crippen LogP) is 1.34. The zero-order valence-corrected chi connectivity index (χ0v) is 7.31. The van der Waals surface area contributed by atoms with Crippen LogP contribution in [0.1, 0.15) is 24.9 Å². The van der Waals surface area contributed by atoms with Gasteiger partial charge in [-0.25, -0.2) is 4.98 Å². The summed E-state index contributed by atoms with van der Waals surface area (Å²) in [6, 6.07) is 0.0347. The summed E-state index contributed by atoms with van der Waals surface area (Å²) in [6.07, 6.45) is 1.73. The van der Waals surface area contributed by atoms with Gasteiger partial charge in [0.1, 0.15) is 5.01 Å². The van der Waals surface area contributed by atoms with Crippen molar-refractivity contribution in [3.8, 4) is 0 Å². The number of amides is 1. The molecule has 0 saturated heterocycles. The van der Waals surface area contributed by atoms with Crippen LogP contribution in [0.3, 0.4) is 0 Å². The number of hydrogen-bond acceptors (Lipinski definition) is 3. The number of thiazole rings is 1. The van der Waals surface area contributed by atoms with Crippen LogP contribution in [0.5, 0.6) is 0 Å². The molecule has 0 bridgehead atoms. The standard InChI is InChI=1S/C7H10N2OS/c1-5(9-6(2)10)7-8-3-4-11-7/h3-5H,1-2H3,(H,9,10)/t5-/m0/s1. The van der Waals surface area contributed by atoms with Crippen molar-refractivity contribution >= 4 is 17.2 Å². The summed E-state index contributed by atoms with van der Waals surface area (Å²) in [5.41, 5.74) is 0. The Hall–Kier alpha value is -0.900. The van der Waals surface area contributed by atoms with Crippen molar-refractivity contribution in [2.45, 2.75) is 19.9 Å². The summed E-state index contributed by atoms with van der Waals surface area (Å²) in [7, 11) is 0. The molecule has 1 aromatic rings. The van der Waals surface area contributed by atoms with E-state index in [1.54, 1.807) is 17.5 Å². The van der Waals surface area contributed by atoms with E-state index in [1.807, 2.05) is 12.3 Å². The monoisotopic (exact) mass is 170 g/mol. The molecule has 1 rings (SSSR count). The Morgan fingerprint density at radius 2 is 2.55 bits per heavy atom. The normalized spacial score (nSPS) is 12.5. The fraction of sp³-hybridized carbons (Fsp3) is 0.429. The van der Waals surface area contributed by atoms with Crippen LogP contribution < -0.4 is 5.32 Å². The first-order chi connectivity index (χ1) is 5.20. The molecule has 1 aromatic heterocycles. The third-order valence-corrected chi connectivity index (χ3v) is 2.20. The van der Waals surface area contributed by atoms with Crippen LogP contribution in [0.2, 0.25) is 0 Å². The maximum atomic E-state index is 10.6. The van der Waals surface area contributed by atoms with E-state index in [0.717, 1.165) is 5.01 Å². The van der Waals surface area contributed by atoms with Gasteiger partial charge in [-0.15, -0.1) is 11.3 Å². The Balaban J connectivity index is 2.56. The van der Waals surface area contributed by atoms with Crippen molar-refractivity contribution in [1.29, 1.82) is 0 Å². The van der Waals surface area contributed by atoms with Crippen molar-refractivity contribution < 1.29 is 4.79 Å². The highest BCUT2D eigenvalue weighted by Gasteiger charge is 2.07. The number of carbonyl (C=O) groups is 1. The summed E-state index contributed by atoms with van der Waals surface area (Å²) >= 11 is 1.55. The highest BCUT2D eigenvalue weighted by molar-refractivity contribution is 7.09. The average molecular weight is 170 g/mol. The lowest BCUT2D eigenvalue weighted by Gasteiger charge is -2.07. The van der Waals surface area contributed by atoms with Gasteiger partial charge >= 0.3 is 0 Å². The third kappa shape index (κ3) is 2.31. The van der Waals surface area contributed by atoms with Gasteiger partial charge in [0, 0.05) is 18.5 Å². The molecule has 0 spiro atoms. The van der Waals surface area contributed by atoms with Crippen LogP contribution in [0, 0.1) is 0 Å². The summed E-state index contributed by atoms with van der Waals surface area (Å²) in [5.74, 6) is -0.0206. The second-order valence-electron chi connectivity index (χ2n) is 2.29. The Labute approximate surface area is 69.5 Å². The van der Waals surface area contributed by atoms with E-state index in [2.05, 4.69) is 10.3 Å². The third-order valence-electron chi connectivity index (χ3n) is 1.24. The Bertz CT molecular complexity index is 233. The molecule has 4 heteroatoms. The largest absolute Gasteiger partial charge is 0.347 e. The maximum Gasteiger partial charge on any atom is 0.217 e. The highest BCUT2D eigenvalue weighted by atomic mass is 32.1. The molecule has 0 fully saturated rings. The molecule has 0 unspecified atom stereocenters. The lowest BCUT2D eigenvalue weighted by atomic mass is 10.3. The Morgan fingerprint density at radius 1 is 1.82 bits per heavy atom. The summed E-state index contributed by atoms with van der Waals surface area (Å²) in [4.78, 5) is 14.7. The molecule has 1 N–H and O–H groups in total. The van der Waals surface area contributed by atoms with Crippen LogP contribution in [0.4, 0.5) is 0 Å². The van der Waals surface area contributed by atoms with Crippen molar-refractivity contribution in [3.05, 3.63) is 16.6 Å². The minimum atomic E-state index is -0.0206. The average Bonchev–Trinajstić information content (AvgIpc) is 2.35. The van der Waals surface area contributed by atoms with Crippen LogP contribution in [-0.2, 0) is 4.79 Å². The van der Waals surface area contributed by atoms with Gasteiger partial charge in [-0.3, -0.25) is 4.79 Å². The van der Waals surface area contributed by atoms with Crippen LogP contribution >= 0.6 is 11.3 Å². The summed E-state index contributed by atoms with van der Waals surface area (Å²) < 4.78 is 0. The first-order valence-electron chi connectivity index (χ1n) is 3.36. The molecule has 1 heterocycles. The van der Waals surface area contributed by atoms with E-state index in [0.29, 0.717) is 0 Å². The predicted molar refractivity (Wildman–Crippen MR) is 44.3 cm³/mol. The minimum absolute atomic E-state index is 0.0206. The lowest BCUT2D eigenvalue weighted by Crippen LogP contribution is -2.23. The second kappa shape index (κ2) is 3.48. The van der Waals surface area contributed by atoms with Gasteiger partial charge in [0.25, 0.3) is 0 Å². The molecule has 0 aliphatic heterocycles. The molecule has 1 atom stereocenters. The topological polar surface area (TPSA) is 42.0 Å². The smallest absolute Gasteiger partial charge is 0.217 e. The van der Waals surface area contributed by atoms with E-state index >= 15 is 0 Å². The van der Waals surface area contributed by atoms with Crippen LogP contribution in [-0.4, -0.2) is 10.9 Å². The van der Waals surface area contributed by atoms with Gasteiger partial charge in [0.15, 0.2) is 0 Å². The van der Waals surface area contributed by atoms with E-state index in [4.69, 9.17) is 0 Å². The van der Waals surface area contributed by atoms with Crippen LogP contribution in [0.15, 0.2) is 11.6 Å². The lowest BCUT2D eigenvalue weighted by molar-refractivity contribution is -0.119. The summed E-state index contributed by atoms with van der Waals surface area (Å²) in [6.45, 7) is 3.42. The molecule has 60 valence electrons. The molecular weight excluding hydrogens is 160 g/mol. The molecule has 11 heavy (non-hydrogen) atoms. The van der Waals surface area contributed by atoms with E-state index < -0.39 is 0 Å². The first kappa shape index (κ1) is 8.20. The van der Waals surface area contributed by atoms with Crippen molar-refractivity contribution in [1.82, 2.24) is 10.3 Å². The molecule has 0 radical (unpaired) electrons. The Kier molecular flexibility index (Phi) is 2.59. The van der Waals surface area contributed by atoms with Gasteiger partial charge in [-0.1, -0.05) is 0 Å². The van der Waals surface area contributed by atoms with E-state index in [1.165, 1.54) is 6.92 Å². The fourth-order valence-corrected chi connectivity index (χ4v) is 1.46. The van der Waals surface area contributed by atoms with Crippen molar-refractivity contribution in [2.75, 3.05) is 0 Å². The van der Waals surface area contributed by atoms with Crippen molar-refractivity contribution in [2.24, 2.45) is 0 Å². The van der Waals surface area contributed by atoms with E-state index in [9.17, 15) is 4.79 Å². The Morgan fingerprint density at radius 3 is 3.00 bits per heavy atom. The fourth-order valence-electron chi connectivity index (χ4n) is 0.815. The maximum absolute atomic E-state index is 10.6. The molecule has 0 aromatic carbocycles. The number of hydrogen-bond donors (Lipinski definition) is 1. The number of nitrogens with zero attached hydrogens (tertiary/aromatic N) is 1. The number of carbonyl (C=O) groups excluding carboxylic acids is 1. The molecule has 0 aliphatic carbocycles. The quantitative estimate of drug-likeness (QED) is 0.727. The first-order valence-corrected chi connectivity index (χ1v) is 4.24. The highest BCUT2D eigenvalue weighted by Crippen LogP contribution is 2.13. The molecule has 1 amide bonds. The molecule has 0 aliphatic rings. The summed E-state index contributed by atoms with van der Waals surface area (Å²) in [5, 5.41) is 5.60. The molecule has 0 saturated carbocycles. The van der Waals surface area contributed by atoms with Gasteiger partial charge in [-0.05, 0) is 6.92 Å². The van der Waals surface area contributed by atoms with Crippen molar-refractivity contribution in [3.63, 3.8) is 0 Å². The number of rotatable bonds is 2.